The smallest absolute Gasteiger partial charge is 0.151 e. The second-order valence-corrected chi connectivity index (χ2v) is 9.46. The molecule has 0 aliphatic carbocycles. The van der Waals surface area contributed by atoms with Crippen LogP contribution < -0.4 is 5.73 Å². The quantitative estimate of drug-likeness (QED) is 0.309. The molecule has 1 aliphatic rings. The summed E-state index contributed by atoms with van der Waals surface area (Å²) in [6.45, 7) is 6.70. The van der Waals surface area contributed by atoms with Crippen LogP contribution in [0.1, 0.15) is 75.2 Å². The predicted molar refractivity (Wildman–Crippen MR) is 143 cm³/mol. The van der Waals surface area contributed by atoms with Gasteiger partial charge in [0.2, 0.25) is 0 Å². The standard InChI is InChI=1S/C29H39N5O/c1-2-3-17-26-31-27-25(16-10-7-13-20-33-18-11-4-5-12-19-33)21-34(28(27)29(30)32-26)23-35-22-24-14-8-6-9-15-24/h6,8-9,14-15,21H,2-5,7,11-13,17-20,22-23H2,1H3,(H2,30,31,32). The average molecular weight is 474 g/mol. The van der Waals surface area contributed by atoms with Crippen molar-refractivity contribution in [3.8, 4) is 11.8 Å². The minimum absolute atomic E-state index is 0.379. The lowest BCUT2D eigenvalue weighted by molar-refractivity contribution is 0.0668. The number of benzene rings is 1. The highest BCUT2D eigenvalue weighted by Crippen LogP contribution is 2.24. The van der Waals surface area contributed by atoms with Gasteiger partial charge in [0.1, 0.15) is 23.6 Å². The minimum atomic E-state index is 0.379. The number of hydrogen-bond donors (Lipinski definition) is 1. The van der Waals surface area contributed by atoms with Crippen molar-refractivity contribution in [3.63, 3.8) is 0 Å². The summed E-state index contributed by atoms with van der Waals surface area (Å²) >= 11 is 0. The maximum absolute atomic E-state index is 6.42. The SMILES string of the molecule is CCCCc1nc(N)c2c(n1)c(C#CCCCN1CCCCCC1)cn2COCc1ccccc1. The Morgan fingerprint density at radius 1 is 1.03 bits per heavy atom. The zero-order chi connectivity index (χ0) is 24.3. The van der Waals surface area contributed by atoms with E-state index in [1.54, 1.807) is 0 Å². The molecule has 6 nitrogen and oxygen atoms in total. The van der Waals surface area contributed by atoms with Gasteiger partial charge in [-0.25, -0.2) is 9.97 Å². The minimum Gasteiger partial charge on any atom is -0.382 e. The summed E-state index contributed by atoms with van der Waals surface area (Å²) in [4.78, 5) is 12.0. The van der Waals surface area contributed by atoms with Gasteiger partial charge >= 0.3 is 0 Å². The van der Waals surface area contributed by atoms with Crippen molar-refractivity contribution in [2.75, 3.05) is 25.4 Å². The van der Waals surface area contributed by atoms with E-state index in [9.17, 15) is 0 Å². The molecule has 6 heteroatoms. The summed E-state index contributed by atoms with van der Waals surface area (Å²) in [5, 5.41) is 0. The number of ether oxygens (including phenoxy) is 1. The summed E-state index contributed by atoms with van der Waals surface area (Å²) in [5.74, 6) is 8.07. The molecular formula is C29H39N5O. The maximum atomic E-state index is 6.42. The number of fused-ring (bicyclic) bond motifs is 1. The number of aryl methyl sites for hydroxylation is 1. The molecule has 186 valence electrons. The molecule has 0 atom stereocenters. The number of unbranched alkanes of at least 4 members (excludes halogenated alkanes) is 2. The van der Waals surface area contributed by atoms with E-state index >= 15 is 0 Å². The van der Waals surface area contributed by atoms with E-state index in [0.29, 0.717) is 19.2 Å². The van der Waals surface area contributed by atoms with Gasteiger partial charge in [-0.2, -0.15) is 0 Å². The number of nitrogens with zero attached hydrogens (tertiary/aromatic N) is 4. The van der Waals surface area contributed by atoms with Crippen molar-refractivity contribution in [2.24, 2.45) is 0 Å². The highest BCUT2D eigenvalue weighted by Gasteiger charge is 2.15. The molecule has 0 saturated carbocycles. The number of likely N-dealkylation sites (tertiary alicyclic amines) is 1. The predicted octanol–water partition coefficient (Wildman–Crippen LogP) is 5.54. The lowest BCUT2D eigenvalue weighted by Crippen LogP contribution is -2.25. The molecule has 1 aromatic carbocycles. The van der Waals surface area contributed by atoms with Crippen molar-refractivity contribution in [2.45, 2.75) is 78.0 Å². The maximum Gasteiger partial charge on any atom is 0.151 e. The Labute approximate surface area is 209 Å². The molecule has 1 fully saturated rings. The van der Waals surface area contributed by atoms with Crippen LogP contribution in [-0.4, -0.2) is 39.1 Å². The molecule has 4 rings (SSSR count). The average Bonchev–Trinajstić information content (AvgIpc) is 3.03. The van der Waals surface area contributed by atoms with E-state index in [2.05, 4.69) is 40.8 Å². The Kier molecular flexibility index (Phi) is 9.56. The largest absolute Gasteiger partial charge is 0.382 e. The van der Waals surface area contributed by atoms with E-state index in [0.717, 1.165) is 66.6 Å². The van der Waals surface area contributed by atoms with Gasteiger partial charge in [0, 0.05) is 19.0 Å². The van der Waals surface area contributed by atoms with E-state index in [1.165, 1.54) is 38.8 Å². The molecule has 3 heterocycles. The van der Waals surface area contributed by atoms with Crippen molar-refractivity contribution in [1.82, 2.24) is 19.4 Å². The lowest BCUT2D eigenvalue weighted by Gasteiger charge is -2.18. The van der Waals surface area contributed by atoms with Gasteiger partial charge in [-0.15, -0.1) is 0 Å². The first-order valence-electron chi connectivity index (χ1n) is 13.2. The van der Waals surface area contributed by atoms with Gasteiger partial charge in [-0.05, 0) is 50.9 Å². The van der Waals surface area contributed by atoms with Gasteiger partial charge in [-0.3, -0.25) is 0 Å². The molecule has 0 radical (unpaired) electrons. The van der Waals surface area contributed by atoms with Gasteiger partial charge < -0.3 is 19.9 Å². The zero-order valence-corrected chi connectivity index (χ0v) is 21.1. The molecule has 1 aliphatic heterocycles. The summed E-state index contributed by atoms with van der Waals surface area (Å²) in [6.07, 6.45) is 12.4. The van der Waals surface area contributed by atoms with Crippen molar-refractivity contribution in [1.29, 1.82) is 0 Å². The number of rotatable bonds is 10. The molecule has 0 amide bonds. The molecule has 35 heavy (non-hydrogen) atoms. The molecule has 0 spiro atoms. The van der Waals surface area contributed by atoms with E-state index in [4.69, 9.17) is 15.5 Å². The summed E-state index contributed by atoms with van der Waals surface area (Å²) < 4.78 is 7.99. The lowest BCUT2D eigenvalue weighted by atomic mass is 10.2. The van der Waals surface area contributed by atoms with Gasteiger partial charge in [0.15, 0.2) is 5.82 Å². The van der Waals surface area contributed by atoms with Crippen LogP contribution in [0.2, 0.25) is 0 Å². The van der Waals surface area contributed by atoms with Crippen LogP contribution in [0.5, 0.6) is 0 Å². The third kappa shape index (κ3) is 7.30. The van der Waals surface area contributed by atoms with Crippen LogP contribution >= 0.6 is 0 Å². The number of hydrogen-bond acceptors (Lipinski definition) is 5. The first kappa shape index (κ1) is 25.2. The van der Waals surface area contributed by atoms with Crippen molar-refractivity contribution in [3.05, 3.63) is 53.5 Å². The highest BCUT2D eigenvalue weighted by molar-refractivity contribution is 5.90. The summed E-state index contributed by atoms with van der Waals surface area (Å²) in [6, 6.07) is 10.2. The van der Waals surface area contributed by atoms with Crippen LogP contribution in [0, 0.1) is 11.8 Å². The van der Waals surface area contributed by atoms with Crippen LogP contribution in [0.15, 0.2) is 36.5 Å². The van der Waals surface area contributed by atoms with E-state index in [1.807, 2.05) is 29.0 Å². The van der Waals surface area contributed by atoms with Crippen LogP contribution in [-0.2, 0) is 24.5 Å². The van der Waals surface area contributed by atoms with Crippen molar-refractivity contribution >= 4 is 16.9 Å². The molecule has 0 unspecified atom stereocenters. The van der Waals surface area contributed by atoms with Gasteiger partial charge in [0.05, 0.1) is 12.2 Å². The Morgan fingerprint density at radius 2 is 1.83 bits per heavy atom. The molecule has 2 N–H and O–H groups in total. The number of anilines is 1. The number of aromatic nitrogens is 3. The zero-order valence-electron chi connectivity index (χ0n) is 21.1. The van der Waals surface area contributed by atoms with Gasteiger partial charge in [0.25, 0.3) is 0 Å². The molecule has 2 aromatic heterocycles. The first-order valence-corrected chi connectivity index (χ1v) is 13.2. The van der Waals surface area contributed by atoms with Gasteiger partial charge in [-0.1, -0.05) is 68.4 Å². The van der Waals surface area contributed by atoms with Crippen molar-refractivity contribution < 1.29 is 4.74 Å². The molecular weight excluding hydrogens is 434 g/mol. The summed E-state index contributed by atoms with van der Waals surface area (Å²) in [7, 11) is 0. The van der Waals surface area contributed by atoms with Crippen LogP contribution in [0.25, 0.3) is 11.0 Å². The Morgan fingerprint density at radius 3 is 2.60 bits per heavy atom. The fourth-order valence-electron chi connectivity index (χ4n) is 4.66. The fourth-order valence-corrected chi connectivity index (χ4v) is 4.66. The monoisotopic (exact) mass is 473 g/mol. The molecule has 1 saturated heterocycles. The number of nitrogens with two attached hydrogens (primary N) is 1. The normalized spacial score (nSPS) is 14.5. The molecule has 0 bridgehead atoms. The topological polar surface area (TPSA) is 69.2 Å². The third-order valence-corrected chi connectivity index (χ3v) is 6.58. The number of nitrogen functional groups attached to an aromatic ring is 1. The second-order valence-electron chi connectivity index (χ2n) is 9.46. The Hall–Kier alpha value is -2.88. The Bertz CT molecular complexity index is 1120. The second kappa shape index (κ2) is 13.3. The Balaban J connectivity index is 1.47. The highest BCUT2D eigenvalue weighted by atomic mass is 16.5. The van der Waals surface area contributed by atoms with E-state index < -0.39 is 0 Å². The molecule has 3 aromatic rings. The van der Waals surface area contributed by atoms with E-state index in [-0.39, 0.29) is 0 Å². The van der Waals surface area contributed by atoms with Crippen LogP contribution in [0.4, 0.5) is 5.82 Å². The fraction of sp³-hybridized carbons (Fsp3) is 0.517. The first-order chi connectivity index (χ1) is 17.2. The van der Waals surface area contributed by atoms with Crippen LogP contribution in [0.3, 0.4) is 0 Å². The summed E-state index contributed by atoms with van der Waals surface area (Å²) in [5.41, 5.74) is 10.1. The third-order valence-electron chi connectivity index (χ3n) is 6.58.